The molecule has 0 aromatic rings. The van der Waals surface area contributed by atoms with Crippen LogP contribution in [0.5, 0.6) is 0 Å². The van der Waals surface area contributed by atoms with E-state index in [1.54, 1.807) is 0 Å². The van der Waals surface area contributed by atoms with E-state index >= 15 is 0 Å². The van der Waals surface area contributed by atoms with Crippen molar-refractivity contribution < 1.29 is 4.74 Å². The molecule has 16 heavy (non-hydrogen) atoms. The van der Waals surface area contributed by atoms with Gasteiger partial charge in [0.1, 0.15) is 0 Å². The molecule has 2 fully saturated rings. The minimum Gasteiger partial charge on any atom is -0.378 e. The minimum absolute atomic E-state index is 0.571. The molecule has 1 saturated heterocycles. The van der Waals surface area contributed by atoms with Gasteiger partial charge >= 0.3 is 0 Å². The van der Waals surface area contributed by atoms with Crippen LogP contribution in [-0.2, 0) is 4.74 Å². The third kappa shape index (κ3) is 3.21. The minimum atomic E-state index is 0.571. The summed E-state index contributed by atoms with van der Waals surface area (Å²) in [6, 6.07) is 0. The second-order valence-electron chi connectivity index (χ2n) is 6.22. The van der Waals surface area contributed by atoms with E-state index in [-0.39, 0.29) is 0 Å². The molecule has 0 amide bonds. The highest BCUT2D eigenvalue weighted by molar-refractivity contribution is 4.92. The molecule has 1 aliphatic carbocycles. The van der Waals surface area contributed by atoms with Crippen LogP contribution in [0.2, 0.25) is 0 Å². The Morgan fingerprint density at radius 1 is 1.31 bits per heavy atom. The molecule has 1 N–H and O–H groups in total. The van der Waals surface area contributed by atoms with Gasteiger partial charge in [-0.2, -0.15) is 0 Å². The van der Waals surface area contributed by atoms with Crippen molar-refractivity contribution in [3.05, 3.63) is 0 Å². The average Bonchev–Trinajstić information content (AvgIpc) is 2.65. The maximum atomic E-state index is 5.78. The summed E-state index contributed by atoms with van der Waals surface area (Å²) in [5.74, 6) is 0.764. The lowest BCUT2D eigenvalue weighted by Gasteiger charge is -2.44. The molecular formula is C14H27NO. The molecule has 1 saturated carbocycles. The van der Waals surface area contributed by atoms with Crippen LogP contribution in [0, 0.1) is 11.3 Å². The molecular weight excluding hydrogens is 198 g/mol. The van der Waals surface area contributed by atoms with E-state index < -0.39 is 0 Å². The van der Waals surface area contributed by atoms with Crippen LogP contribution in [0.4, 0.5) is 0 Å². The van der Waals surface area contributed by atoms with Crippen LogP contribution >= 0.6 is 0 Å². The van der Waals surface area contributed by atoms with Crippen LogP contribution in [0.25, 0.3) is 0 Å². The Labute approximate surface area is 100 Å². The van der Waals surface area contributed by atoms with Crippen molar-refractivity contribution in [2.24, 2.45) is 11.3 Å². The lowest BCUT2D eigenvalue weighted by Crippen LogP contribution is -2.43. The Kier molecular flexibility index (Phi) is 4.26. The highest BCUT2D eigenvalue weighted by Crippen LogP contribution is 2.45. The topological polar surface area (TPSA) is 21.3 Å². The lowest BCUT2D eigenvalue weighted by molar-refractivity contribution is 0.0216. The first-order chi connectivity index (χ1) is 7.70. The number of hydrogen-bond donors (Lipinski definition) is 1. The van der Waals surface area contributed by atoms with Gasteiger partial charge in [-0.25, -0.2) is 0 Å². The summed E-state index contributed by atoms with van der Waals surface area (Å²) in [6.45, 7) is 7.93. The fraction of sp³-hybridized carbons (Fsp3) is 1.00. The van der Waals surface area contributed by atoms with Crippen LogP contribution in [0.1, 0.15) is 52.4 Å². The van der Waals surface area contributed by atoms with Crippen molar-refractivity contribution in [1.82, 2.24) is 5.32 Å². The van der Waals surface area contributed by atoms with Gasteiger partial charge in [-0.15, -0.1) is 0 Å². The van der Waals surface area contributed by atoms with E-state index in [9.17, 15) is 0 Å². The summed E-state index contributed by atoms with van der Waals surface area (Å²) in [6.07, 6.45) is 8.71. The van der Waals surface area contributed by atoms with Crippen LogP contribution in [-0.4, -0.2) is 25.8 Å². The smallest absolute Gasteiger partial charge is 0.0581 e. The first kappa shape index (κ1) is 12.4. The number of nitrogens with one attached hydrogen (secondary N) is 1. The fourth-order valence-electron chi connectivity index (χ4n) is 3.04. The largest absolute Gasteiger partial charge is 0.378 e. The van der Waals surface area contributed by atoms with E-state index in [2.05, 4.69) is 19.2 Å². The molecule has 1 heterocycles. The molecule has 94 valence electrons. The molecule has 0 radical (unpaired) electrons. The van der Waals surface area contributed by atoms with E-state index in [1.807, 2.05) is 0 Å². The molecule has 0 bridgehead atoms. The summed E-state index contributed by atoms with van der Waals surface area (Å²) in [5, 5.41) is 3.65. The van der Waals surface area contributed by atoms with Gasteiger partial charge in [0.05, 0.1) is 6.10 Å². The van der Waals surface area contributed by atoms with Gasteiger partial charge < -0.3 is 10.1 Å². The van der Waals surface area contributed by atoms with Crippen molar-refractivity contribution in [3.8, 4) is 0 Å². The van der Waals surface area contributed by atoms with Gasteiger partial charge in [-0.1, -0.05) is 20.3 Å². The molecule has 2 heteroatoms. The van der Waals surface area contributed by atoms with Crippen molar-refractivity contribution >= 4 is 0 Å². The molecule has 1 unspecified atom stereocenters. The molecule has 2 rings (SSSR count). The second kappa shape index (κ2) is 5.50. The van der Waals surface area contributed by atoms with Crippen LogP contribution in [0.15, 0.2) is 0 Å². The summed E-state index contributed by atoms with van der Waals surface area (Å²) in [7, 11) is 0. The predicted molar refractivity (Wildman–Crippen MR) is 67.6 cm³/mol. The van der Waals surface area contributed by atoms with Crippen molar-refractivity contribution in [3.63, 3.8) is 0 Å². The summed E-state index contributed by atoms with van der Waals surface area (Å²) >= 11 is 0. The number of hydrogen-bond acceptors (Lipinski definition) is 2. The Morgan fingerprint density at radius 3 is 2.62 bits per heavy atom. The third-order valence-corrected chi connectivity index (χ3v) is 4.15. The summed E-state index contributed by atoms with van der Waals surface area (Å²) < 4.78 is 5.78. The molecule has 2 nitrogen and oxygen atoms in total. The van der Waals surface area contributed by atoms with Crippen molar-refractivity contribution in [2.75, 3.05) is 19.7 Å². The van der Waals surface area contributed by atoms with E-state index in [0.717, 1.165) is 19.1 Å². The first-order valence-corrected chi connectivity index (χ1v) is 7.03. The van der Waals surface area contributed by atoms with Gasteiger partial charge in [0.15, 0.2) is 0 Å². The Bertz CT molecular complexity index is 205. The van der Waals surface area contributed by atoms with E-state index in [4.69, 9.17) is 4.74 Å². The number of rotatable bonds is 6. The fourth-order valence-corrected chi connectivity index (χ4v) is 3.04. The van der Waals surface area contributed by atoms with Gasteiger partial charge in [0, 0.05) is 13.2 Å². The Morgan fingerprint density at radius 2 is 2.12 bits per heavy atom. The zero-order valence-corrected chi connectivity index (χ0v) is 10.9. The monoisotopic (exact) mass is 225 g/mol. The van der Waals surface area contributed by atoms with Crippen molar-refractivity contribution in [1.29, 1.82) is 0 Å². The molecule has 1 atom stereocenters. The zero-order chi connectivity index (χ0) is 11.4. The van der Waals surface area contributed by atoms with Gasteiger partial charge in [-0.05, 0) is 50.0 Å². The Balaban J connectivity index is 1.73. The average molecular weight is 225 g/mol. The van der Waals surface area contributed by atoms with E-state index in [0.29, 0.717) is 11.5 Å². The van der Waals surface area contributed by atoms with Gasteiger partial charge in [-0.3, -0.25) is 0 Å². The molecule has 0 aromatic carbocycles. The molecule has 1 aliphatic heterocycles. The SMILES string of the molecule is CC(C)CNCC1(CC2CCCO2)CCC1. The quantitative estimate of drug-likeness (QED) is 0.750. The zero-order valence-electron chi connectivity index (χ0n) is 10.9. The van der Waals surface area contributed by atoms with Gasteiger partial charge in [0.2, 0.25) is 0 Å². The third-order valence-electron chi connectivity index (χ3n) is 4.15. The van der Waals surface area contributed by atoms with Crippen LogP contribution in [0.3, 0.4) is 0 Å². The van der Waals surface area contributed by atoms with Gasteiger partial charge in [0.25, 0.3) is 0 Å². The van der Waals surface area contributed by atoms with Crippen LogP contribution < -0.4 is 5.32 Å². The summed E-state index contributed by atoms with van der Waals surface area (Å²) in [5.41, 5.74) is 0.587. The Hall–Kier alpha value is -0.0800. The lowest BCUT2D eigenvalue weighted by atomic mass is 9.65. The number of ether oxygens (including phenoxy) is 1. The highest BCUT2D eigenvalue weighted by Gasteiger charge is 2.39. The second-order valence-corrected chi connectivity index (χ2v) is 6.22. The predicted octanol–water partition coefficient (Wildman–Crippen LogP) is 2.97. The first-order valence-electron chi connectivity index (χ1n) is 7.03. The maximum absolute atomic E-state index is 5.78. The maximum Gasteiger partial charge on any atom is 0.0581 e. The van der Waals surface area contributed by atoms with E-state index in [1.165, 1.54) is 45.1 Å². The highest BCUT2D eigenvalue weighted by atomic mass is 16.5. The normalized spacial score (nSPS) is 28.3. The van der Waals surface area contributed by atoms with Crippen molar-refractivity contribution in [2.45, 2.75) is 58.5 Å². The molecule has 0 spiro atoms. The molecule has 0 aromatic heterocycles. The summed E-state index contributed by atoms with van der Waals surface area (Å²) in [4.78, 5) is 0. The standard InChI is InChI=1S/C14H27NO/c1-12(2)10-15-11-14(6-4-7-14)9-13-5-3-8-16-13/h12-13,15H,3-11H2,1-2H3. The molecule has 2 aliphatic rings.